The molecule has 0 aliphatic heterocycles. The summed E-state index contributed by atoms with van der Waals surface area (Å²) < 4.78 is 0. The molecule has 30 heavy (non-hydrogen) atoms. The topological polar surface area (TPSA) is 0 Å². The van der Waals surface area contributed by atoms with Gasteiger partial charge >= 0.3 is 0 Å². The SMILES string of the molecule is CCCC=CCCCC(CCCCCCC)C(C)CC(CCCCC)CCCCC. The standard InChI is InChI=1S/C30H60/c1-6-10-14-16-18-22-26-30(25-21-17-15-11-7-2)28(5)27-29(23-19-12-8-3)24-20-13-9-4/h14,16,28-30H,6-13,15,17-27H2,1-5H3. The Labute approximate surface area is 193 Å². The van der Waals surface area contributed by atoms with Crippen molar-refractivity contribution in [1.82, 2.24) is 0 Å². The second-order valence-corrected chi connectivity index (χ2v) is 10.2. The predicted molar refractivity (Wildman–Crippen MR) is 140 cm³/mol. The molecule has 2 unspecified atom stereocenters. The lowest BCUT2D eigenvalue weighted by Gasteiger charge is -2.28. The Hall–Kier alpha value is -0.260. The molecule has 0 rings (SSSR count). The van der Waals surface area contributed by atoms with E-state index in [0.29, 0.717) is 0 Å². The Kier molecular flexibility index (Phi) is 23.2. The Morgan fingerprint density at radius 1 is 0.500 bits per heavy atom. The van der Waals surface area contributed by atoms with Gasteiger partial charge in [-0.25, -0.2) is 0 Å². The summed E-state index contributed by atoms with van der Waals surface area (Å²) in [5, 5.41) is 0. The van der Waals surface area contributed by atoms with Crippen LogP contribution in [-0.2, 0) is 0 Å². The van der Waals surface area contributed by atoms with Crippen LogP contribution in [0.2, 0.25) is 0 Å². The number of hydrogen-bond acceptors (Lipinski definition) is 0. The molecule has 180 valence electrons. The lowest BCUT2D eigenvalue weighted by Crippen LogP contribution is -2.17. The molecule has 2 atom stereocenters. The molecule has 0 heteroatoms. The Bertz CT molecular complexity index is 332. The van der Waals surface area contributed by atoms with E-state index < -0.39 is 0 Å². The number of allylic oxidation sites excluding steroid dienone is 2. The highest BCUT2D eigenvalue weighted by molar-refractivity contribution is 4.81. The molecule has 0 spiro atoms. The number of rotatable bonds is 23. The van der Waals surface area contributed by atoms with E-state index in [9.17, 15) is 0 Å². The van der Waals surface area contributed by atoms with E-state index in [2.05, 4.69) is 46.8 Å². The van der Waals surface area contributed by atoms with Crippen molar-refractivity contribution >= 4 is 0 Å². The summed E-state index contributed by atoms with van der Waals surface area (Å²) in [6, 6.07) is 0. The summed E-state index contributed by atoms with van der Waals surface area (Å²) in [5.74, 6) is 2.88. The zero-order valence-corrected chi connectivity index (χ0v) is 22.0. The van der Waals surface area contributed by atoms with Gasteiger partial charge in [0.25, 0.3) is 0 Å². The average Bonchev–Trinajstić information content (AvgIpc) is 2.74. The van der Waals surface area contributed by atoms with Crippen molar-refractivity contribution in [2.75, 3.05) is 0 Å². The predicted octanol–water partition coefficient (Wildman–Crippen LogP) is 11.3. The molecule has 0 saturated heterocycles. The van der Waals surface area contributed by atoms with Gasteiger partial charge in [0.1, 0.15) is 0 Å². The molecule has 0 fully saturated rings. The molecule has 0 aromatic heterocycles. The van der Waals surface area contributed by atoms with Gasteiger partial charge in [-0.05, 0) is 49.9 Å². The van der Waals surface area contributed by atoms with Gasteiger partial charge in [-0.15, -0.1) is 0 Å². The summed E-state index contributed by atoms with van der Waals surface area (Å²) in [7, 11) is 0. The van der Waals surface area contributed by atoms with E-state index in [0.717, 1.165) is 17.8 Å². The monoisotopic (exact) mass is 420 g/mol. The number of hydrogen-bond donors (Lipinski definition) is 0. The van der Waals surface area contributed by atoms with Crippen molar-refractivity contribution in [2.45, 2.75) is 163 Å². The van der Waals surface area contributed by atoms with Crippen molar-refractivity contribution in [3.8, 4) is 0 Å². The smallest absolute Gasteiger partial charge is 0.0351 e. The van der Waals surface area contributed by atoms with E-state index in [1.54, 1.807) is 0 Å². The fourth-order valence-corrected chi connectivity index (χ4v) is 5.09. The molecular weight excluding hydrogens is 360 g/mol. The highest BCUT2D eigenvalue weighted by Gasteiger charge is 2.20. The number of unbranched alkanes of at least 4 members (excludes halogenated alkanes) is 10. The minimum Gasteiger partial charge on any atom is -0.0885 e. The Balaban J connectivity index is 4.62. The Morgan fingerprint density at radius 3 is 1.60 bits per heavy atom. The molecule has 0 heterocycles. The van der Waals surface area contributed by atoms with Crippen molar-refractivity contribution in [1.29, 1.82) is 0 Å². The van der Waals surface area contributed by atoms with Crippen LogP contribution >= 0.6 is 0 Å². The third kappa shape index (κ3) is 18.5. The minimum atomic E-state index is 0.920. The lowest BCUT2D eigenvalue weighted by molar-refractivity contribution is 0.232. The van der Waals surface area contributed by atoms with Crippen LogP contribution in [0.3, 0.4) is 0 Å². The normalized spacial score (nSPS) is 14.1. The first kappa shape index (κ1) is 29.7. The van der Waals surface area contributed by atoms with Gasteiger partial charge in [0.15, 0.2) is 0 Å². The molecule has 0 bridgehead atoms. The van der Waals surface area contributed by atoms with Crippen molar-refractivity contribution in [2.24, 2.45) is 17.8 Å². The van der Waals surface area contributed by atoms with Gasteiger partial charge in [0.05, 0.1) is 0 Å². The van der Waals surface area contributed by atoms with Crippen LogP contribution in [0.25, 0.3) is 0 Å². The van der Waals surface area contributed by atoms with Gasteiger partial charge in [0.2, 0.25) is 0 Å². The Morgan fingerprint density at radius 2 is 1.00 bits per heavy atom. The summed E-state index contributed by atoms with van der Waals surface area (Å²) in [4.78, 5) is 0. The molecule has 0 N–H and O–H groups in total. The maximum absolute atomic E-state index is 2.61. The van der Waals surface area contributed by atoms with Gasteiger partial charge < -0.3 is 0 Å². The molecule has 0 amide bonds. The van der Waals surface area contributed by atoms with Crippen molar-refractivity contribution in [3.63, 3.8) is 0 Å². The first-order valence-electron chi connectivity index (χ1n) is 14.3. The molecule has 0 aromatic rings. The lowest BCUT2D eigenvalue weighted by atomic mass is 9.77. The van der Waals surface area contributed by atoms with E-state index in [-0.39, 0.29) is 0 Å². The van der Waals surface area contributed by atoms with E-state index in [1.807, 2.05) is 0 Å². The zero-order valence-electron chi connectivity index (χ0n) is 22.0. The summed E-state index contributed by atoms with van der Waals surface area (Å²) in [6.07, 6.45) is 33.2. The fraction of sp³-hybridized carbons (Fsp3) is 0.933. The second kappa shape index (κ2) is 23.4. The zero-order chi connectivity index (χ0) is 22.3. The summed E-state index contributed by atoms with van der Waals surface area (Å²) in [6.45, 7) is 11.9. The third-order valence-electron chi connectivity index (χ3n) is 7.19. The minimum absolute atomic E-state index is 0.920. The van der Waals surface area contributed by atoms with Crippen LogP contribution in [0.4, 0.5) is 0 Å². The molecule has 0 aliphatic rings. The van der Waals surface area contributed by atoms with Gasteiger partial charge in [-0.1, -0.05) is 143 Å². The first-order valence-corrected chi connectivity index (χ1v) is 14.3. The molecule has 0 saturated carbocycles. The van der Waals surface area contributed by atoms with E-state index >= 15 is 0 Å². The highest BCUT2D eigenvalue weighted by atomic mass is 14.3. The summed E-state index contributed by atoms with van der Waals surface area (Å²) in [5.41, 5.74) is 0. The van der Waals surface area contributed by atoms with Crippen molar-refractivity contribution < 1.29 is 0 Å². The van der Waals surface area contributed by atoms with Gasteiger partial charge in [-0.3, -0.25) is 0 Å². The van der Waals surface area contributed by atoms with E-state index in [4.69, 9.17) is 0 Å². The maximum Gasteiger partial charge on any atom is -0.0351 e. The molecule has 0 aliphatic carbocycles. The molecule has 0 radical (unpaired) electrons. The van der Waals surface area contributed by atoms with Gasteiger partial charge in [0, 0.05) is 0 Å². The summed E-state index contributed by atoms with van der Waals surface area (Å²) >= 11 is 0. The van der Waals surface area contributed by atoms with Crippen LogP contribution in [0.5, 0.6) is 0 Å². The molecule has 0 aromatic carbocycles. The average molecular weight is 421 g/mol. The quantitative estimate of drug-likeness (QED) is 0.114. The molecule has 0 nitrogen and oxygen atoms in total. The van der Waals surface area contributed by atoms with Crippen LogP contribution in [0.15, 0.2) is 12.2 Å². The van der Waals surface area contributed by atoms with Crippen molar-refractivity contribution in [3.05, 3.63) is 12.2 Å². The first-order chi connectivity index (χ1) is 14.7. The third-order valence-corrected chi connectivity index (χ3v) is 7.19. The van der Waals surface area contributed by atoms with E-state index in [1.165, 1.54) is 128 Å². The molecular formula is C30H60. The van der Waals surface area contributed by atoms with Crippen LogP contribution < -0.4 is 0 Å². The highest BCUT2D eigenvalue weighted by Crippen LogP contribution is 2.33. The van der Waals surface area contributed by atoms with Crippen LogP contribution in [0, 0.1) is 17.8 Å². The van der Waals surface area contributed by atoms with Crippen LogP contribution in [-0.4, -0.2) is 0 Å². The second-order valence-electron chi connectivity index (χ2n) is 10.2. The fourth-order valence-electron chi connectivity index (χ4n) is 5.09. The van der Waals surface area contributed by atoms with Gasteiger partial charge in [-0.2, -0.15) is 0 Å². The maximum atomic E-state index is 2.61. The largest absolute Gasteiger partial charge is 0.0885 e. The van der Waals surface area contributed by atoms with Crippen LogP contribution in [0.1, 0.15) is 163 Å².